The largest absolute Gasteiger partial charge is 0.493 e. The van der Waals surface area contributed by atoms with E-state index < -0.39 is 0 Å². The van der Waals surface area contributed by atoms with E-state index in [1.54, 1.807) is 6.08 Å². The number of nitrogens with zero attached hydrogens (tertiary/aromatic N) is 2. The highest BCUT2D eigenvalue weighted by atomic mass is 16.5. The summed E-state index contributed by atoms with van der Waals surface area (Å²) in [6.45, 7) is 6.45. The molecule has 2 aliphatic rings. The molecule has 0 spiro atoms. The van der Waals surface area contributed by atoms with Crippen molar-refractivity contribution in [2.24, 2.45) is 5.92 Å². The Labute approximate surface area is 193 Å². The molecule has 2 amide bonds. The third-order valence-corrected chi connectivity index (χ3v) is 7.03. The molecule has 6 nitrogen and oxygen atoms in total. The first kappa shape index (κ1) is 24.3. The lowest BCUT2D eigenvalue weighted by Gasteiger charge is -2.44. The number of ether oxygens (including phenoxy) is 1. The van der Waals surface area contributed by atoms with Gasteiger partial charge >= 0.3 is 0 Å². The van der Waals surface area contributed by atoms with Crippen molar-refractivity contribution < 1.29 is 14.3 Å². The minimum Gasteiger partial charge on any atom is -0.493 e. The molecule has 176 valence electrons. The van der Waals surface area contributed by atoms with Gasteiger partial charge in [0.25, 0.3) is 0 Å². The summed E-state index contributed by atoms with van der Waals surface area (Å²) >= 11 is 0. The van der Waals surface area contributed by atoms with Crippen LogP contribution in [-0.2, 0) is 9.59 Å². The maximum atomic E-state index is 12.6. The van der Waals surface area contributed by atoms with Crippen molar-refractivity contribution in [3.8, 4) is 5.75 Å². The number of rotatable bonds is 8. The van der Waals surface area contributed by atoms with Gasteiger partial charge in [-0.1, -0.05) is 38.0 Å². The third kappa shape index (κ3) is 6.58. The predicted octanol–water partition coefficient (Wildman–Crippen LogP) is 3.72. The van der Waals surface area contributed by atoms with Crippen molar-refractivity contribution in [3.63, 3.8) is 0 Å². The zero-order valence-electron chi connectivity index (χ0n) is 19.9. The van der Waals surface area contributed by atoms with Crippen LogP contribution in [0.4, 0.5) is 0 Å². The highest BCUT2D eigenvalue weighted by Crippen LogP contribution is 2.30. The van der Waals surface area contributed by atoms with E-state index in [0.29, 0.717) is 18.7 Å². The van der Waals surface area contributed by atoms with E-state index in [-0.39, 0.29) is 18.4 Å². The standard InChI is InChI=1S/C26H39N3O3/c1-4-32-24-12-8-6-10-21(24)13-14-25(30)27-19-26(31)29-17-15-22(16-18-29)28(3)23-11-7-5-9-20(23)2/h6,8,10,12-14,20,22-23H,4-5,7,9,11,15-19H2,1-3H3,(H,27,30)/b14-13+/t20-,23-/m0/s1. The van der Waals surface area contributed by atoms with Crippen LogP contribution in [0.1, 0.15) is 57.9 Å². The monoisotopic (exact) mass is 441 g/mol. The Balaban J connectivity index is 1.42. The van der Waals surface area contributed by atoms with E-state index >= 15 is 0 Å². The zero-order chi connectivity index (χ0) is 22.9. The normalized spacial score (nSPS) is 22.3. The first-order valence-electron chi connectivity index (χ1n) is 12.2. The molecule has 1 aromatic carbocycles. The lowest BCUT2D eigenvalue weighted by atomic mass is 9.84. The summed E-state index contributed by atoms with van der Waals surface area (Å²) in [7, 11) is 2.27. The van der Waals surface area contributed by atoms with Gasteiger partial charge in [-0.3, -0.25) is 9.59 Å². The van der Waals surface area contributed by atoms with Gasteiger partial charge in [-0.25, -0.2) is 0 Å². The molecule has 1 saturated heterocycles. The molecule has 2 fully saturated rings. The number of carbonyl (C=O) groups is 2. The average Bonchev–Trinajstić information content (AvgIpc) is 2.82. The maximum Gasteiger partial charge on any atom is 0.244 e. The summed E-state index contributed by atoms with van der Waals surface area (Å²) in [5, 5.41) is 2.72. The Morgan fingerprint density at radius 2 is 1.88 bits per heavy atom. The fourth-order valence-electron chi connectivity index (χ4n) is 5.10. The van der Waals surface area contributed by atoms with Crippen LogP contribution in [0.5, 0.6) is 5.75 Å². The van der Waals surface area contributed by atoms with Crippen LogP contribution in [0.15, 0.2) is 30.3 Å². The first-order valence-corrected chi connectivity index (χ1v) is 12.2. The van der Waals surface area contributed by atoms with Gasteiger partial charge in [0, 0.05) is 36.8 Å². The zero-order valence-corrected chi connectivity index (χ0v) is 19.9. The second-order valence-corrected chi connectivity index (χ2v) is 9.13. The number of likely N-dealkylation sites (tertiary alicyclic amines) is 1. The molecular formula is C26H39N3O3. The number of nitrogens with one attached hydrogen (secondary N) is 1. The second kappa shape index (κ2) is 12.0. The van der Waals surface area contributed by atoms with Gasteiger partial charge in [0.1, 0.15) is 5.75 Å². The topological polar surface area (TPSA) is 61.9 Å². The minimum atomic E-state index is -0.273. The maximum absolute atomic E-state index is 12.6. The Morgan fingerprint density at radius 3 is 2.59 bits per heavy atom. The fraction of sp³-hybridized carbons (Fsp3) is 0.615. The average molecular weight is 442 g/mol. The number of hydrogen-bond donors (Lipinski definition) is 1. The van der Waals surface area contributed by atoms with Crippen LogP contribution in [-0.4, -0.2) is 67.0 Å². The molecule has 0 unspecified atom stereocenters. The Bertz CT molecular complexity index is 786. The molecule has 1 aliphatic carbocycles. The molecular weight excluding hydrogens is 402 g/mol. The predicted molar refractivity (Wildman–Crippen MR) is 128 cm³/mol. The van der Waals surface area contributed by atoms with Crippen molar-refractivity contribution in [1.29, 1.82) is 0 Å². The van der Waals surface area contributed by atoms with Gasteiger partial charge in [0.2, 0.25) is 11.8 Å². The van der Waals surface area contributed by atoms with E-state index in [1.807, 2.05) is 36.1 Å². The van der Waals surface area contributed by atoms with Crippen molar-refractivity contribution in [2.75, 3.05) is 33.3 Å². The van der Waals surface area contributed by atoms with Gasteiger partial charge in [-0.15, -0.1) is 0 Å². The SMILES string of the molecule is CCOc1ccccc1/C=C/C(=O)NCC(=O)N1CCC(N(C)[C@H]2CCCC[C@@H]2C)CC1. The number of piperidine rings is 1. The van der Waals surface area contributed by atoms with E-state index in [1.165, 1.54) is 31.8 Å². The number of benzene rings is 1. The molecule has 3 rings (SSSR count). The molecule has 1 aromatic rings. The number of para-hydroxylation sites is 1. The number of amides is 2. The molecule has 1 aliphatic heterocycles. The van der Waals surface area contributed by atoms with Crippen LogP contribution in [0.3, 0.4) is 0 Å². The third-order valence-electron chi connectivity index (χ3n) is 7.03. The molecule has 1 saturated carbocycles. The first-order chi connectivity index (χ1) is 15.5. The van der Waals surface area contributed by atoms with E-state index in [9.17, 15) is 9.59 Å². The van der Waals surface area contributed by atoms with Gasteiger partial charge in [0.05, 0.1) is 13.2 Å². The molecule has 1 heterocycles. The second-order valence-electron chi connectivity index (χ2n) is 9.13. The van der Waals surface area contributed by atoms with Crippen molar-refractivity contribution in [2.45, 2.75) is 64.5 Å². The van der Waals surface area contributed by atoms with Gasteiger partial charge in [-0.2, -0.15) is 0 Å². The summed E-state index contributed by atoms with van der Waals surface area (Å²) in [6, 6.07) is 8.80. The number of carbonyl (C=O) groups excluding carboxylic acids is 2. The molecule has 6 heteroatoms. The number of hydrogen-bond acceptors (Lipinski definition) is 4. The lowest BCUT2D eigenvalue weighted by molar-refractivity contribution is -0.133. The van der Waals surface area contributed by atoms with Crippen LogP contribution in [0.2, 0.25) is 0 Å². The highest BCUT2D eigenvalue weighted by molar-refractivity contribution is 5.94. The molecule has 32 heavy (non-hydrogen) atoms. The van der Waals surface area contributed by atoms with Gasteiger partial charge < -0.3 is 19.9 Å². The summed E-state index contributed by atoms with van der Waals surface area (Å²) in [4.78, 5) is 29.3. The molecule has 0 bridgehead atoms. The fourth-order valence-corrected chi connectivity index (χ4v) is 5.10. The molecule has 0 aromatic heterocycles. The van der Waals surface area contributed by atoms with Crippen LogP contribution >= 0.6 is 0 Å². The lowest BCUT2D eigenvalue weighted by Crippen LogP contribution is -2.51. The smallest absolute Gasteiger partial charge is 0.244 e. The van der Waals surface area contributed by atoms with Crippen molar-refractivity contribution >= 4 is 17.9 Å². The van der Waals surface area contributed by atoms with Crippen molar-refractivity contribution in [1.82, 2.24) is 15.1 Å². The molecule has 0 radical (unpaired) electrons. The Hall–Kier alpha value is -2.34. The molecule has 1 N–H and O–H groups in total. The Kier molecular flexibility index (Phi) is 9.15. The summed E-state index contributed by atoms with van der Waals surface area (Å²) in [6.07, 6.45) is 10.5. The van der Waals surface area contributed by atoms with Crippen LogP contribution < -0.4 is 10.1 Å². The van der Waals surface area contributed by atoms with E-state index in [4.69, 9.17) is 4.74 Å². The molecule has 2 atom stereocenters. The van der Waals surface area contributed by atoms with E-state index in [0.717, 1.165) is 43.2 Å². The van der Waals surface area contributed by atoms with E-state index in [2.05, 4.69) is 24.2 Å². The summed E-state index contributed by atoms with van der Waals surface area (Å²) in [5.41, 5.74) is 0.842. The quantitative estimate of drug-likeness (QED) is 0.625. The van der Waals surface area contributed by atoms with Crippen LogP contribution in [0, 0.1) is 5.92 Å². The minimum absolute atomic E-state index is 0.00592. The van der Waals surface area contributed by atoms with Crippen LogP contribution in [0.25, 0.3) is 6.08 Å². The summed E-state index contributed by atoms with van der Waals surface area (Å²) < 4.78 is 5.57. The Morgan fingerprint density at radius 1 is 1.16 bits per heavy atom. The van der Waals surface area contributed by atoms with Gasteiger partial charge in [-0.05, 0) is 57.7 Å². The van der Waals surface area contributed by atoms with Crippen molar-refractivity contribution in [3.05, 3.63) is 35.9 Å². The highest BCUT2D eigenvalue weighted by Gasteiger charge is 2.32. The summed E-state index contributed by atoms with van der Waals surface area (Å²) in [5.74, 6) is 1.22. The van der Waals surface area contributed by atoms with Gasteiger partial charge in [0.15, 0.2) is 0 Å².